The van der Waals surface area contributed by atoms with Crippen LogP contribution in [0.1, 0.15) is 37.4 Å². The predicted molar refractivity (Wildman–Crippen MR) is 76.6 cm³/mol. The van der Waals surface area contributed by atoms with Gasteiger partial charge in [0, 0.05) is 21.2 Å². The number of carbonyl (C=O) groups excluding carboxylic acids is 2. The van der Waals surface area contributed by atoms with Gasteiger partial charge in [-0.2, -0.15) is 5.26 Å². The number of nitrogens with zero attached hydrogens (tertiary/aromatic N) is 1. The summed E-state index contributed by atoms with van der Waals surface area (Å²) in [4.78, 5) is 25.0. The Hall–Kier alpha value is -2.45. The van der Waals surface area contributed by atoms with Gasteiger partial charge in [0.05, 0.1) is 16.8 Å². The molecule has 0 radical (unpaired) electrons. The quantitative estimate of drug-likeness (QED) is 0.644. The van der Waals surface area contributed by atoms with Crippen LogP contribution in [0.5, 0.6) is 0 Å². The first-order valence-corrected chi connectivity index (χ1v) is 6.56. The topological polar surface area (TPSA) is 83.9 Å². The summed E-state index contributed by atoms with van der Waals surface area (Å²) in [5.74, 6) is -0.613. The number of hydrogen-bond donors (Lipinski definition) is 1. The Morgan fingerprint density at radius 2 is 1.65 bits per heavy atom. The van der Waals surface area contributed by atoms with E-state index in [1.165, 1.54) is 6.07 Å². The van der Waals surface area contributed by atoms with E-state index in [1.807, 2.05) is 6.07 Å². The second-order valence-corrected chi connectivity index (χ2v) is 5.24. The van der Waals surface area contributed by atoms with Crippen LogP contribution < -0.4 is 5.73 Å². The molecule has 2 aromatic carbocycles. The van der Waals surface area contributed by atoms with E-state index in [2.05, 4.69) is 15.9 Å². The van der Waals surface area contributed by atoms with Crippen molar-refractivity contribution in [1.82, 2.24) is 0 Å². The molecule has 96 valence electrons. The third-order valence-corrected chi connectivity index (χ3v) is 3.97. The van der Waals surface area contributed by atoms with Gasteiger partial charge in [-0.05, 0) is 22.0 Å². The average Bonchev–Trinajstić information content (AvgIpc) is 2.47. The van der Waals surface area contributed by atoms with E-state index in [0.29, 0.717) is 15.6 Å². The molecule has 1 aliphatic rings. The number of nitrogen functional groups attached to an aromatic ring is 1. The van der Waals surface area contributed by atoms with Crippen LogP contribution in [0.4, 0.5) is 5.69 Å². The third-order valence-electron chi connectivity index (χ3n) is 3.32. The van der Waals surface area contributed by atoms with Crippen molar-refractivity contribution in [3.63, 3.8) is 0 Å². The first-order chi connectivity index (χ1) is 9.56. The van der Waals surface area contributed by atoms with Crippen LogP contribution >= 0.6 is 15.9 Å². The molecule has 0 spiro atoms. The molecule has 0 fully saturated rings. The van der Waals surface area contributed by atoms with Gasteiger partial charge in [-0.15, -0.1) is 0 Å². The van der Waals surface area contributed by atoms with E-state index in [4.69, 9.17) is 5.73 Å². The number of nitriles is 1. The van der Waals surface area contributed by atoms with E-state index in [9.17, 15) is 14.9 Å². The highest BCUT2D eigenvalue weighted by atomic mass is 79.9. The molecular formula is C15H7BrN2O2. The molecule has 2 aromatic rings. The number of fused-ring (bicyclic) bond motifs is 2. The van der Waals surface area contributed by atoms with Crippen molar-refractivity contribution in [1.29, 1.82) is 5.26 Å². The molecule has 0 unspecified atom stereocenters. The summed E-state index contributed by atoms with van der Waals surface area (Å²) in [6.45, 7) is 0. The molecule has 0 aliphatic heterocycles. The third kappa shape index (κ3) is 1.52. The van der Waals surface area contributed by atoms with E-state index in [-0.39, 0.29) is 33.9 Å². The van der Waals surface area contributed by atoms with Gasteiger partial charge in [0.15, 0.2) is 11.6 Å². The number of anilines is 1. The van der Waals surface area contributed by atoms with Gasteiger partial charge in [-0.25, -0.2) is 0 Å². The molecule has 0 amide bonds. The maximum absolute atomic E-state index is 12.5. The maximum atomic E-state index is 12.5. The number of hydrogen-bond acceptors (Lipinski definition) is 4. The van der Waals surface area contributed by atoms with Gasteiger partial charge in [0.1, 0.15) is 6.07 Å². The monoisotopic (exact) mass is 326 g/mol. The first kappa shape index (κ1) is 12.6. The Morgan fingerprint density at radius 3 is 2.25 bits per heavy atom. The highest BCUT2D eigenvalue weighted by Crippen LogP contribution is 2.35. The molecule has 0 saturated carbocycles. The van der Waals surface area contributed by atoms with Crippen molar-refractivity contribution in [3.8, 4) is 6.07 Å². The van der Waals surface area contributed by atoms with Crippen LogP contribution in [0.15, 0.2) is 34.8 Å². The van der Waals surface area contributed by atoms with Crippen LogP contribution in [-0.2, 0) is 0 Å². The van der Waals surface area contributed by atoms with Crippen molar-refractivity contribution in [2.24, 2.45) is 0 Å². The molecule has 4 nitrogen and oxygen atoms in total. The van der Waals surface area contributed by atoms with Crippen LogP contribution in [0.3, 0.4) is 0 Å². The van der Waals surface area contributed by atoms with Crippen LogP contribution in [0, 0.1) is 11.3 Å². The van der Waals surface area contributed by atoms with Crippen LogP contribution in [0.25, 0.3) is 0 Å². The summed E-state index contributed by atoms with van der Waals surface area (Å²) in [6, 6.07) is 9.99. The molecule has 2 N–H and O–H groups in total. The molecule has 0 heterocycles. The summed E-state index contributed by atoms with van der Waals surface area (Å²) < 4.78 is 0.438. The second kappa shape index (κ2) is 4.29. The van der Waals surface area contributed by atoms with Gasteiger partial charge in [-0.3, -0.25) is 9.59 Å². The molecule has 1 aliphatic carbocycles. The fourth-order valence-electron chi connectivity index (χ4n) is 2.36. The smallest absolute Gasteiger partial charge is 0.195 e. The van der Waals surface area contributed by atoms with Crippen molar-refractivity contribution < 1.29 is 9.59 Å². The normalized spacial score (nSPS) is 12.6. The number of benzene rings is 2. The Morgan fingerprint density at radius 1 is 1.05 bits per heavy atom. The molecule has 0 bridgehead atoms. The highest BCUT2D eigenvalue weighted by molar-refractivity contribution is 9.10. The van der Waals surface area contributed by atoms with Gasteiger partial charge >= 0.3 is 0 Å². The maximum Gasteiger partial charge on any atom is 0.195 e. The molecule has 0 saturated heterocycles. The molecule has 0 atom stereocenters. The fourth-order valence-corrected chi connectivity index (χ4v) is 2.78. The zero-order chi connectivity index (χ0) is 14.4. The lowest BCUT2D eigenvalue weighted by Crippen LogP contribution is -2.23. The SMILES string of the molecule is N#Cc1c(N)c(Br)cc2c1C(=O)c1ccccc1C2=O. The zero-order valence-electron chi connectivity index (χ0n) is 10.1. The van der Waals surface area contributed by atoms with Gasteiger partial charge in [0.2, 0.25) is 0 Å². The van der Waals surface area contributed by atoms with E-state index in [1.54, 1.807) is 24.3 Å². The predicted octanol–water partition coefficient (Wildman–Crippen LogP) is 2.68. The van der Waals surface area contributed by atoms with Gasteiger partial charge in [0.25, 0.3) is 0 Å². The summed E-state index contributed by atoms with van der Waals surface area (Å²) in [5.41, 5.74) is 7.00. The van der Waals surface area contributed by atoms with Crippen molar-refractivity contribution in [2.75, 3.05) is 5.73 Å². The number of ketones is 2. The Bertz CT molecular complexity index is 834. The Labute approximate surface area is 123 Å². The zero-order valence-corrected chi connectivity index (χ0v) is 11.7. The lowest BCUT2D eigenvalue weighted by atomic mass is 9.81. The minimum absolute atomic E-state index is 0.0437. The largest absolute Gasteiger partial charge is 0.397 e. The lowest BCUT2D eigenvalue weighted by Gasteiger charge is -2.19. The first-order valence-electron chi connectivity index (χ1n) is 5.76. The number of rotatable bonds is 0. The molecule has 3 rings (SSSR count). The summed E-state index contributed by atoms with van der Waals surface area (Å²) in [5, 5.41) is 9.24. The fraction of sp³-hybridized carbons (Fsp3) is 0. The standard InChI is InChI=1S/C15H7BrN2O2/c16-11-5-9-12(10(6-17)13(11)18)15(20)8-4-2-1-3-7(8)14(9)19/h1-5H,18H2. The van der Waals surface area contributed by atoms with E-state index in [0.717, 1.165) is 0 Å². The number of halogens is 1. The molecule has 0 aromatic heterocycles. The van der Waals surface area contributed by atoms with Gasteiger partial charge in [-0.1, -0.05) is 24.3 Å². The van der Waals surface area contributed by atoms with Crippen LogP contribution in [0.2, 0.25) is 0 Å². The average molecular weight is 327 g/mol. The molecule has 5 heteroatoms. The number of nitrogens with two attached hydrogens (primary N) is 1. The van der Waals surface area contributed by atoms with Crippen molar-refractivity contribution in [3.05, 3.63) is 62.6 Å². The van der Waals surface area contributed by atoms with Crippen molar-refractivity contribution >= 4 is 33.2 Å². The Balaban J connectivity index is 2.43. The second-order valence-electron chi connectivity index (χ2n) is 4.39. The van der Waals surface area contributed by atoms with Gasteiger partial charge < -0.3 is 5.73 Å². The Kier molecular flexibility index (Phi) is 2.70. The van der Waals surface area contributed by atoms with Crippen LogP contribution in [-0.4, -0.2) is 11.6 Å². The lowest BCUT2D eigenvalue weighted by molar-refractivity contribution is 0.0979. The number of carbonyl (C=O) groups is 2. The van der Waals surface area contributed by atoms with E-state index < -0.39 is 0 Å². The van der Waals surface area contributed by atoms with E-state index >= 15 is 0 Å². The summed E-state index contributed by atoms with van der Waals surface area (Å²) in [7, 11) is 0. The molecular weight excluding hydrogens is 320 g/mol. The summed E-state index contributed by atoms with van der Waals surface area (Å²) >= 11 is 3.21. The minimum Gasteiger partial charge on any atom is -0.397 e. The molecule has 20 heavy (non-hydrogen) atoms. The summed E-state index contributed by atoms with van der Waals surface area (Å²) in [6.07, 6.45) is 0. The van der Waals surface area contributed by atoms with Crippen molar-refractivity contribution in [2.45, 2.75) is 0 Å². The highest BCUT2D eigenvalue weighted by Gasteiger charge is 2.33. The minimum atomic E-state index is -0.342.